The number of aryl methyl sites for hydroxylation is 1. The number of carbonyl (C=O) groups is 1. The standard InChI is InChI=1S/C21H18ClFO3S/c1-2-3-17-8-11-21(27-17)20(24)10-7-14-4-5-16(26-14)13-25-15-6-9-19(23)18(22)12-15/h4-12H,2-3,13H2,1H3/b10-7+. The summed E-state index contributed by atoms with van der Waals surface area (Å²) in [5, 5.41) is 0.00440. The first-order chi connectivity index (χ1) is 13.0. The van der Waals surface area contributed by atoms with Crippen molar-refractivity contribution >= 4 is 34.8 Å². The number of thiophene rings is 1. The van der Waals surface area contributed by atoms with Gasteiger partial charge in [-0.15, -0.1) is 11.3 Å². The van der Waals surface area contributed by atoms with E-state index in [2.05, 4.69) is 6.92 Å². The molecule has 0 unspecified atom stereocenters. The van der Waals surface area contributed by atoms with Crippen molar-refractivity contribution in [2.24, 2.45) is 0 Å². The van der Waals surface area contributed by atoms with Gasteiger partial charge < -0.3 is 9.15 Å². The topological polar surface area (TPSA) is 39.4 Å². The molecule has 0 fully saturated rings. The van der Waals surface area contributed by atoms with E-state index in [4.69, 9.17) is 20.8 Å². The number of hydrogen-bond donors (Lipinski definition) is 0. The van der Waals surface area contributed by atoms with Crippen molar-refractivity contribution in [3.05, 3.63) is 80.7 Å². The first-order valence-electron chi connectivity index (χ1n) is 8.53. The van der Waals surface area contributed by atoms with Crippen LogP contribution in [0.15, 0.2) is 53.0 Å². The quantitative estimate of drug-likeness (QED) is 0.315. The van der Waals surface area contributed by atoms with E-state index < -0.39 is 5.82 Å². The van der Waals surface area contributed by atoms with Gasteiger partial charge in [-0.2, -0.15) is 0 Å². The average molecular weight is 405 g/mol. The second-order valence-corrected chi connectivity index (χ2v) is 7.46. The monoisotopic (exact) mass is 404 g/mol. The van der Waals surface area contributed by atoms with Crippen LogP contribution >= 0.6 is 22.9 Å². The van der Waals surface area contributed by atoms with Gasteiger partial charge in [0.15, 0.2) is 5.78 Å². The Bertz CT molecular complexity index is 958. The van der Waals surface area contributed by atoms with E-state index in [0.717, 1.165) is 17.7 Å². The second kappa shape index (κ2) is 9.02. The van der Waals surface area contributed by atoms with Crippen LogP contribution in [0.3, 0.4) is 0 Å². The van der Waals surface area contributed by atoms with Gasteiger partial charge in [0.05, 0.1) is 9.90 Å². The highest BCUT2D eigenvalue weighted by Gasteiger charge is 2.07. The third-order valence-electron chi connectivity index (χ3n) is 3.75. The van der Waals surface area contributed by atoms with E-state index in [-0.39, 0.29) is 17.4 Å². The molecule has 0 aliphatic carbocycles. The average Bonchev–Trinajstić information content (AvgIpc) is 3.30. The molecule has 0 amide bonds. The molecule has 6 heteroatoms. The lowest BCUT2D eigenvalue weighted by Gasteiger charge is -2.04. The molecule has 0 aliphatic heterocycles. The summed E-state index contributed by atoms with van der Waals surface area (Å²) in [7, 11) is 0. The number of benzene rings is 1. The molecule has 0 saturated carbocycles. The molecule has 0 spiro atoms. The van der Waals surface area contributed by atoms with Crippen molar-refractivity contribution in [3.8, 4) is 5.75 Å². The van der Waals surface area contributed by atoms with Gasteiger partial charge in [-0.3, -0.25) is 4.79 Å². The Kier molecular flexibility index (Phi) is 6.48. The van der Waals surface area contributed by atoms with Gasteiger partial charge in [0.1, 0.15) is 29.7 Å². The summed E-state index contributed by atoms with van der Waals surface area (Å²) >= 11 is 7.25. The lowest BCUT2D eigenvalue weighted by Crippen LogP contribution is -1.94. The van der Waals surface area contributed by atoms with E-state index in [1.165, 1.54) is 40.5 Å². The van der Waals surface area contributed by atoms with Crippen LogP contribution in [0.5, 0.6) is 5.75 Å². The van der Waals surface area contributed by atoms with E-state index in [9.17, 15) is 9.18 Å². The molecule has 0 atom stereocenters. The molecule has 3 nitrogen and oxygen atoms in total. The number of allylic oxidation sites excluding steroid dienone is 1. The van der Waals surface area contributed by atoms with Crippen molar-refractivity contribution in [1.82, 2.24) is 0 Å². The maximum atomic E-state index is 13.1. The summed E-state index contributed by atoms with van der Waals surface area (Å²) in [6.45, 7) is 2.29. The minimum atomic E-state index is -0.494. The Morgan fingerprint density at radius 3 is 2.89 bits per heavy atom. The first kappa shape index (κ1) is 19.4. The normalized spacial score (nSPS) is 11.2. The second-order valence-electron chi connectivity index (χ2n) is 5.88. The molecule has 27 heavy (non-hydrogen) atoms. The first-order valence-corrected chi connectivity index (χ1v) is 9.72. The van der Waals surface area contributed by atoms with Crippen LogP contribution in [-0.4, -0.2) is 5.78 Å². The fourth-order valence-corrected chi connectivity index (χ4v) is 3.61. The molecule has 2 aromatic heterocycles. The van der Waals surface area contributed by atoms with Gasteiger partial charge in [0, 0.05) is 10.9 Å². The lowest BCUT2D eigenvalue weighted by molar-refractivity contribution is 0.105. The summed E-state index contributed by atoms with van der Waals surface area (Å²) in [6, 6.07) is 11.5. The van der Waals surface area contributed by atoms with Gasteiger partial charge in [0.25, 0.3) is 0 Å². The Hall–Kier alpha value is -2.37. The highest BCUT2D eigenvalue weighted by molar-refractivity contribution is 7.14. The molecule has 0 aliphatic rings. The summed E-state index contributed by atoms with van der Waals surface area (Å²) < 4.78 is 24.3. The number of hydrogen-bond acceptors (Lipinski definition) is 4. The van der Waals surface area contributed by atoms with Gasteiger partial charge in [-0.05, 0) is 55.0 Å². The molecule has 3 rings (SSSR count). The number of rotatable bonds is 8. The number of ether oxygens (including phenoxy) is 1. The molecule has 0 saturated heterocycles. The number of furan rings is 1. The Balaban J connectivity index is 1.57. The smallest absolute Gasteiger partial charge is 0.195 e. The van der Waals surface area contributed by atoms with Crippen molar-refractivity contribution in [2.45, 2.75) is 26.4 Å². The molecule has 1 aromatic carbocycles. The SMILES string of the molecule is CCCc1ccc(C(=O)/C=C/c2ccc(COc3ccc(F)c(Cl)c3)o2)s1. The Morgan fingerprint density at radius 2 is 2.11 bits per heavy atom. The third kappa shape index (κ3) is 5.31. The molecule has 3 aromatic rings. The predicted octanol–water partition coefficient (Wildman–Crippen LogP) is 6.56. The Labute approximate surface area is 166 Å². The van der Waals surface area contributed by atoms with Gasteiger partial charge in [-0.1, -0.05) is 24.9 Å². The zero-order valence-electron chi connectivity index (χ0n) is 14.7. The lowest BCUT2D eigenvalue weighted by atomic mass is 10.2. The third-order valence-corrected chi connectivity index (χ3v) is 5.20. The van der Waals surface area contributed by atoms with Gasteiger partial charge >= 0.3 is 0 Å². The molecule has 140 valence electrons. The van der Waals surface area contributed by atoms with Crippen LogP contribution in [0.1, 0.15) is 39.4 Å². The van der Waals surface area contributed by atoms with Crippen molar-refractivity contribution in [2.75, 3.05) is 0 Å². The van der Waals surface area contributed by atoms with Crippen LogP contribution in [0.4, 0.5) is 4.39 Å². The van der Waals surface area contributed by atoms with E-state index >= 15 is 0 Å². The minimum absolute atomic E-state index is 0.00440. The fraction of sp³-hybridized carbons (Fsp3) is 0.190. The summed E-state index contributed by atoms with van der Waals surface area (Å²) in [5.74, 6) is 1.06. The summed E-state index contributed by atoms with van der Waals surface area (Å²) in [4.78, 5) is 14.2. The van der Waals surface area contributed by atoms with Crippen LogP contribution in [0.2, 0.25) is 5.02 Å². The van der Waals surface area contributed by atoms with Crippen molar-refractivity contribution in [3.63, 3.8) is 0 Å². The predicted molar refractivity (Wildman–Crippen MR) is 106 cm³/mol. The molecular formula is C21H18ClFO3S. The molecule has 0 N–H and O–H groups in total. The van der Waals surface area contributed by atoms with Crippen molar-refractivity contribution < 1.29 is 18.3 Å². The zero-order valence-corrected chi connectivity index (χ0v) is 16.3. The van der Waals surface area contributed by atoms with Crippen LogP contribution in [0, 0.1) is 5.82 Å². The number of halogens is 2. The zero-order chi connectivity index (χ0) is 19.2. The Morgan fingerprint density at radius 1 is 1.26 bits per heavy atom. The maximum absolute atomic E-state index is 13.1. The maximum Gasteiger partial charge on any atom is 0.195 e. The van der Waals surface area contributed by atoms with Crippen LogP contribution < -0.4 is 4.74 Å². The number of ketones is 1. The molecule has 0 radical (unpaired) electrons. The highest BCUT2D eigenvalue weighted by Crippen LogP contribution is 2.23. The van der Waals surface area contributed by atoms with Gasteiger partial charge in [0.2, 0.25) is 0 Å². The van der Waals surface area contributed by atoms with Crippen LogP contribution in [-0.2, 0) is 13.0 Å². The van der Waals surface area contributed by atoms with E-state index in [1.54, 1.807) is 18.2 Å². The van der Waals surface area contributed by atoms with E-state index in [0.29, 0.717) is 17.3 Å². The summed E-state index contributed by atoms with van der Waals surface area (Å²) in [6.07, 6.45) is 5.19. The molecule has 0 bridgehead atoms. The summed E-state index contributed by atoms with van der Waals surface area (Å²) in [5.41, 5.74) is 0. The molecule has 2 heterocycles. The van der Waals surface area contributed by atoms with E-state index in [1.807, 2.05) is 12.1 Å². The largest absolute Gasteiger partial charge is 0.486 e. The fourth-order valence-electron chi connectivity index (χ4n) is 2.41. The van der Waals surface area contributed by atoms with Crippen molar-refractivity contribution in [1.29, 1.82) is 0 Å². The van der Waals surface area contributed by atoms with Gasteiger partial charge in [-0.25, -0.2) is 4.39 Å². The number of carbonyl (C=O) groups excluding carboxylic acids is 1. The molecular weight excluding hydrogens is 387 g/mol. The van der Waals surface area contributed by atoms with Crippen LogP contribution in [0.25, 0.3) is 6.08 Å². The highest BCUT2D eigenvalue weighted by atomic mass is 35.5. The minimum Gasteiger partial charge on any atom is -0.486 e.